The van der Waals surface area contributed by atoms with Crippen LogP contribution in [0.25, 0.3) is 5.69 Å². The zero-order chi connectivity index (χ0) is 18.5. The first-order chi connectivity index (χ1) is 12.6. The number of nitrogens with one attached hydrogen (secondary N) is 1. The van der Waals surface area contributed by atoms with Crippen molar-refractivity contribution in [2.24, 2.45) is 0 Å². The van der Waals surface area contributed by atoms with E-state index in [-0.39, 0.29) is 23.0 Å². The van der Waals surface area contributed by atoms with Gasteiger partial charge in [0.1, 0.15) is 24.0 Å². The smallest absolute Gasteiger partial charge is 0.198 e. The molecule has 134 valence electrons. The third-order valence-corrected chi connectivity index (χ3v) is 3.84. The van der Waals surface area contributed by atoms with E-state index >= 15 is 0 Å². The minimum atomic E-state index is -0.356. The summed E-state index contributed by atoms with van der Waals surface area (Å²) in [7, 11) is 1.84. The molecule has 3 N–H and O–H groups in total. The number of rotatable bonds is 7. The van der Waals surface area contributed by atoms with Gasteiger partial charge in [-0.2, -0.15) is 5.10 Å². The number of nitrogens with two attached hydrogens (primary N) is 1. The van der Waals surface area contributed by atoms with Crippen LogP contribution >= 0.6 is 0 Å². The van der Waals surface area contributed by atoms with Gasteiger partial charge < -0.3 is 15.8 Å². The minimum Gasteiger partial charge on any atom is -0.492 e. The predicted octanol–water partition coefficient (Wildman–Crippen LogP) is 2.42. The molecule has 0 atom stereocenters. The normalized spacial score (nSPS) is 10.7. The van der Waals surface area contributed by atoms with Crippen LogP contribution < -0.4 is 15.8 Å². The Balaban J connectivity index is 1.84. The number of nitrogens with zero attached hydrogens (tertiary/aromatic N) is 2. The van der Waals surface area contributed by atoms with Crippen molar-refractivity contribution in [2.75, 3.05) is 25.9 Å². The predicted molar refractivity (Wildman–Crippen MR) is 97.2 cm³/mol. The van der Waals surface area contributed by atoms with Gasteiger partial charge in [-0.15, -0.1) is 0 Å². The van der Waals surface area contributed by atoms with E-state index in [1.807, 2.05) is 7.05 Å². The summed E-state index contributed by atoms with van der Waals surface area (Å²) in [5.74, 6) is 0.194. The molecule has 0 aliphatic rings. The number of benzene rings is 2. The average molecular weight is 354 g/mol. The number of nitrogen functional groups attached to an aromatic ring is 1. The van der Waals surface area contributed by atoms with E-state index in [0.29, 0.717) is 30.2 Å². The van der Waals surface area contributed by atoms with Crippen LogP contribution in [0.15, 0.2) is 54.7 Å². The fourth-order valence-electron chi connectivity index (χ4n) is 2.47. The molecule has 26 heavy (non-hydrogen) atoms. The van der Waals surface area contributed by atoms with Crippen LogP contribution in [-0.4, -0.2) is 35.8 Å². The van der Waals surface area contributed by atoms with Gasteiger partial charge >= 0.3 is 0 Å². The molecule has 2 aromatic carbocycles. The van der Waals surface area contributed by atoms with E-state index in [9.17, 15) is 9.18 Å². The molecule has 6 nitrogen and oxygen atoms in total. The van der Waals surface area contributed by atoms with Crippen LogP contribution in [-0.2, 0) is 0 Å². The molecule has 3 aromatic rings. The third kappa shape index (κ3) is 3.73. The molecule has 3 rings (SSSR count). The van der Waals surface area contributed by atoms with Gasteiger partial charge in [0.25, 0.3) is 0 Å². The molecule has 1 heterocycles. The van der Waals surface area contributed by atoms with Gasteiger partial charge in [-0.1, -0.05) is 12.1 Å². The maximum atomic E-state index is 13.1. The molecular weight excluding hydrogens is 335 g/mol. The Kier molecular flexibility index (Phi) is 5.28. The topological polar surface area (TPSA) is 82.2 Å². The lowest BCUT2D eigenvalue weighted by atomic mass is 10.1. The molecule has 1 aromatic heterocycles. The highest BCUT2D eigenvalue weighted by molar-refractivity contribution is 6.11. The standard InChI is InChI=1S/C19H19FN4O2/c1-22-9-10-26-16-4-2-3-13(11-16)18(25)17-12-23-24(19(17)21)15-7-5-14(20)6-8-15/h2-8,11-12,22H,9-10,21H2,1H3. The Morgan fingerprint density at radius 2 is 2.04 bits per heavy atom. The highest BCUT2D eigenvalue weighted by atomic mass is 19.1. The monoisotopic (exact) mass is 354 g/mol. The van der Waals surface area contributed by atoms with E-state index in [4.69, 9.17) is 10.5 Å². The van der Waals surface area contributed by atoms with Gasteiger partial charge in [0, 0.05) is 12.1 Å². The van der Waals surface area contributed by atoms with Gasteiger partial charge in [0.15, 0.2) is 5.78 Å². The number of hydrogen-bond acceptors (Lipinski definition) is 5. The maximum Gasteiger partial charge on any atom is 0.198 e. The minimum absolute atomic E-state index is 0.197. The van der Waals surface area contributed by atoms with Gasteiger partial charge in [0.05, 0.1) is 17.4 Å². The van der Waals surface area contributed by atoms with Crippen LogP contribution in [0.4, 0.5) is 10.2 Å². The van der Waals surface area contributed by atoms with Crippen molar-refractivity contribution >= 4 is 11.6 Å². The van der Waals surface area contributed by atoms with E-state index in [2.05, 4.69) is 10.4 Å². The summed E-state index contributed by atoms with van der Waals surface area (Å²) in [6.45, 7) is 1.20. The quantitative estimate of drug-likeness (QED) is 0.503. The van der Waals surface area contributed by atoms with Crippen molar-refractivity contribution in [1.82, 2.24) is 15.1 Å². The maximum absolute atomic E-state index is 13.1. The lowest BCUT2D eigenvalue weighted by Crippen LogP contribution is -2.16. The lowest BCUT2D eigenvalue weighted by Gasteiger charge is -2.08. The van der Waals surface area contributed by atoms with Crippen molar-refractivity contribution in [3.8, 4) is 11.4 Å². The molecule has 0 saturated heterocycles. The lowest BCUT2D eigenvalue weighted by molar-refractivity contribution is 0.103. The number of likely N-dealkylation sites (N-methyl/N-ethyl adjacent to an activating group) is 1. The van der Waals surface area contributed by atoms with Crippen molar-refractivity contribution in [3.05, 3.63) is 71.7 Å². The van der Waals surface area contributed by atoms with Crippen LogP contribution in [0.1, 0.15) is 15.9 Å². The number of carbonyl (C=O) groups is 1. The van der Waals surface area contributed by atoms with Crippen LogP contribution in [0.5, 0.6) is 5.75 Å². The second kappa shape index (κ2) is 7.79. The number of anilines is 1. The number of aromatic nitrogens is 2. The number of carbonyl (C=O) groups excluding carboxylic acids is 1. The van der Waals surface area contributed by atoms with E-state index < -0.39 is 0 Å². The van der Waals surface area contributed by atoms with Crippen molar-refractivity contribution < 1.29 is 13.9 Å². The summed E-state index contributed by atoms with van der Waals surface area (Å²) >= 11 is 0. The van der Waals surface area contributed by atoms with Crippen molar-refractivity contribution in [1.29, 1.82) is 0 Å². The van der Waals surface area contributed by atoms with Gasteiger partial charge in [-0.3, -0.25) is 4.79 Å². The van der Waals surface area contributed by atoms with Crippen LogP contribution in [0.2, 0.25) is 0 Å². The highest BCUT2D eigenvalue weighted by Gasteiger charge is 2.18. The molecule has 0 aliphatic carbocycles. The Bertz CT molecular complexity index is 906. The fraction of sp³-hybridized carbons (Fsp3) is 0.158. The molecule has 0 fully saturated rings. The molecule has 0 bridgehead atoms. The third-order valence-electron chi connectivity index (χ3n) is 3.84. The molecule has 0 spiro atoms. The zero-order valence-electron chi connectivity index (χ0n) is 14.3. The summed E-state index contributed by atoms with van der Waals surface area (Å²) in [5, 5.41) is 7.14. The molecule has 0 radical (unpaired) electrons. The summed E-state index contributed by atoms with van der Waals surface area (Å²) in [5.41, 5.74) is 7.41. The molecule has 0 aliphatic heterocycles. The molecule has 0 amide bonds. The first kappa shape index (κ1) is 17.6. The molecule has 0 unspecified atom stereocenters. The molecule has 7 heteroatoms. The Morgan fingerprint density at radius 1 is 1.27 bits per heavy atom. The second-order valence-corrected chi connectivity index (χ2v) is 5.64. The van der Waals surface area contributed by atoms with Gasteiger partial charge in [-0.25, -0.2) is 9.07 Å². The first-order valence-electron chi connectivity index (χ1n) is 8.11. The van der Waals surface area contributed by atoms with Gasteiger partial charge in [0.2, 0.25) is 0 Å². The summed E-state index contributed by atoms with van der Waals surface area (Å²) in [4.78, 5) is 12.8. The highest BCUT2D eigenvalue weighted by Crippen LogP contribution is 2.22. The van der Waals surface area contributed by atoms with Crippen LogP contribution in [0, 0.1) is 5.82 Å². The van der Waals surface area contributed by atoms with Gasteiger partial charge in [-0.05, 0) is 43.4 Å². The number of halogens is 1. The van der Waals surface area contributed by atoms with Crippen molar-refractivity contribution in [2.45, 2.75) is 0 Å². The number of ketones is 1. The summed E-state index contributed by atoms with van der Waals surface area (Å²) in [6.07, 6.45) is 1.41. The largest absolute Gasteiger partial charge is 0.492 e. The average Bonchev–Trinajstić information content (AvgIpc) is 3.04. The summed E-state index contributed by atoms with van der Waals surface area (Å²) in [6, 6.07) is 12.6. The second-order valence-electron chi connectivity index (χ2n) is 5.64. The molecular formula is C19H19FN4O2. The van der Waals surface area contributed by atoms with E-state index in [1.165, 1.54) is 23.0 Å². The Hall–Kier alpha value is -3.19. The Labute approximate surface area is 150 Å². The summed E-state index contributed by atoms with van der Waals surface area (Å²) < 4.78 is 20.1. The first-order valence-corrected chi connectivity index (χ1v) is 8.11. The number of hydrogen-bond donors (Lipinski definition) is 2. The zero-order valence-corrected chi connectivity index (χ0v) is 14.3. The van der Waals surface area contributed by atoms with Crippen molar-refractivity contribution in [3.63, 3.8) is 0 Å². The Morgan fingerprint density at radius 3 is 2.77 bits per heavy atom. The van der Waals surface area contributed by atoms with E-state index in [1.54, 1.807) is 36.4 Å². The van der Waals surface area contributed by atoms with Crippen LogP contribution in [0.3, 0.4) is 0 Å². The SMILES string of the molecule is CNCCOc1cccc(C(=O)c2cnn(-c3ccc(F)cc3)c2N)c1. The molecule has 0 saturated carbocycles. The number of ether oxygens (including phenoxy) is 1. The van der Waals surface area contributed by atoms with E-state index in [0.717, 1.165) is 0 Å². The fourth-order valence-corrected chi connectivity index (χ4v) is 2.47.